The van der Waals surface area contributed by atoms with Crippen molar-refractivity contribution in [2.75, 3.05) is 0 Å². The smallest absolute Gasteiger partial charge is 0.00873 e. The van der Waals surface area contributed by atoms with E-state index < -0.39 is 0 Å². The zero-order chi connectivity index (χ0) is 46.6. The molecule has 0 spiro atoms. The molecule has 7 aliphatic rings. The van der Waals surface area contributed by atoms with Crippen LogP contribution in [0.2, 0.25) is 0 Å². The van der Waals surface area contributed by atoms with Gasteiger partial charge in [-0.25, -0.2) is 11.6 Å². The summed E-state index contributed by atoms with van der Waals surface area (Å²) < 4.78 is 1.42. The quantitative estimate of drug-likeness (QED) is 0.154. The van der Waals surface area contributed by atoms with E-state index >= 15 is 0 Å². The third-order valence-electron chi connectivity index (χ3n) is 16.6. The fraction of sp³-hybridized carbons (Fsp3) is 0.469. The molecule has 0 amide bonds. The maximum Gasteiger partial charge on any atom is 0.00873 e. The van der Waals surface area contributed by atoms with Crippen molar-refractivity contribution in [3.05, 3.63) is 169 Å². The predicted molar refractivity (Wildman–Crippen MR) is 276 cm³/mol. The second kappa shape index (κ2) is 18.7. The van der Waals surface area contributed by atoms with E-state index in [0.29, 0.717) is 5.41 Å². The summed E-state index contributed by atoms with van der Waals surface area (Å²) in [5, 5.41) is 0. The summed E-state index contributed by atoms with van der Waals surface area (Å²) in [4.78, 5) is 0. The van der Waals surface area contributed by atoms with Gasteiger partial charge in [-0.2, -0.15) is 28.3 Å². The van der Waals surface area contributed by atoms with Gasteiger partial charge >= 0.3 is 151 Å². The number of fused-ring (bicyclic) bond motifs is 5. The first-order chi connectivity index (χ1) is 30.4. The molecule has 5 aromatic rings. The molecule has 0 nitrogen and oxygen atoms in total. The molecule has 0 radical (unpaired) electrons. The Labute approximate surface area is 433 Å². The van der Waals surface area contributed by atoms with Gasteiger partial charge in [0.2, 0.25) is 0 Å². The molecule has 5 aromatic carbocycles. The summed E-state index contributed by atoms with van der Waals surface area (Å²) in [5.74, 6) is 3.27. The largest absolute Gasteiger partial charge is 1.00 e. The molecular weight excluding hydrogens is 931 g/mol. The average molecular weight is 1010 g/mol. The van der Waals surface area contributed by atoms with Crippen LogP contribution in [-0.4, -0.2) is 3.21 Å². The Kier molecular flexibility index (Phi) is 14.4. The van der Waals surface area contributed by atoms with Crippen LogP contribution >= 0.6 is 0 Å². The van der Waals surface area contributed by atoms with E-state index in [2.05, 4.69) is 194 Å². The Morgan fingerprint density at radius 2 is 1.09 bits per heavy atom. The SMILES string of the molecule is CC(C)(C)c1ccc([C](=[Zr+2])c2ccc(C(C)(C)C)cc2)cc1.CC1=[C-]C(C)(C)c2cc3c(cc21)-c1cc2c(cc1C3)C(C)(C)C=C2C.Cc1cc(CC23CC4CC(CC(C4)C2)C3)c(C)[cH-]1.[Cl-].[Cl-]. The zero-order valence-corrected chi connectivity index (χ0v) is 47.3. The van der Waals surface area contributed by atoms with Gasteiger partial charge in [-0.15, -0.1) is 11.6 Å². The first-order valence-corrected chi connectivity index (χ1v) is 26.3. The molecule has 0 N–H and O–H groups in total. The van der Waals surface area contributed by atoms with Gasteiger partial charge in [0.1, 0.15) is 0 Å². The van der Waals surface area contributed by atoms with Crippen LogP contribution in [0.25, 0.3) is 22.3 Å². The van der Waals surface area contributed by atoms with Crippen LogP contribution in [0.3, 0.4) is 0 Å². The molecule has 4 fully saturated rings. The monoisotopic (exact) mass is 1000 g/mol. The normalized spacial score (nSPS) is 22.9. The number of hydrogen-bond donors (Lipinski definition) is 0. The minimum atomic E-state index is 0. The molecule has 4 saturated carbocycles. The van der Waals surface area contributed by atoms with E-state index in [9.17, 15) is 0 Å². The molecule has 12 rings (SSSR count). The third-order valence-corrected chi connectivity index (χ3v) is 18.0. The summed E-state index contributed by atoms with van der Waals surface area (Å²) in [6.45, 7) is 31.8. The van der Waals surface area contributed by atoms with Crippen LogP contribution in [0.1, 0.15) is 194 Å². The molecule has 0 saturated heterocycles. The predicted octanol–water partition coefficient (Wildman–Crippen LogP) is 10.6. The molecule has 352 valence electrons. The molecule has 0 unspecified atom stereocenters. The van der Waals surface area contributed by atoms with Crippen LogP contribution in [0.5, 0.6) is 0 Å². The van der Waals surface area contributed by atoms with Gasteiger partial charge < -0.3 is 24.8 Å². The van der Waals surface area contributed by atoms with Gasteiger partial charge in [-0.3, -0.25) is 6.08 Å². The second-order valence-corrected chi connectivity index (χ2v) is 26.3. The fourth-order valence-electron chi connectivity index (χ4n) is 13.7. The number of aryl methyl sites for hydroxylation is 2. The van der Waals surface area contributed by atoms with Crippen molar-refractivity contribution in [1.82, 2.24) is 0 Å². The summed E-state index contributed by atoms with van der Waals surface area (Å²) in [6, 6.07) is 32.8. The van der Waals surface area contributed by atoms with Crippen molar-refractivity contribution >= 4 is 14.4 Å². The minimum absolute atomic E-state index is 0. The van der Waals surface area contributed by atoms with E-state index in [1.165, 1.54) is 117 Å². The zero-order valence-electron chi connectivity index (χ0n) is 43.3. The van der Waals surface area contributed by atoms with Crippen molar-refractivity contribution < 1.29 is 49.0 Å². The maximum atomic E-state index is 3.65. The summed E-state index contributed by atoms with van der Waals surface area (Å²) >= 11 is 1.46. The van der Waals surface area contributed by atoms with Gasteiger partial charge in [-0.05, 0) is 120 Å². The molecule has 0 atom stereocenters. The molecule has 0 aliphatic heterocycles. The first kappa shape index (κ1) is 51.9. The van der Waals surface area contributed by atoms with Gasteiger partial charge in [0.05, 0.1) is 0 Å². The molecule has 67 heavy (non-hydrogen) atoms. The molecular formula is C64H76Cl2Zr-2. The van der Waals surface area contributed by atoms with Crippen molar-refractivity contribution in [3.8, 4) is 11.1 Å². The Morgan fingerprint density at radius 1 is 0.627 bits per heavy atom. The Hall–Kier alpha value is -2.96. The Morgan fingerprint density at radius 3 is 1.54 bits per heavy atom. The third kappa shape index (κ3) is 10.3. The van der Waals surface area contributed by atoms with Crippen molar-refractivity contribution in [2.45, 2.75) is 170 Å². The van der Waals surface area contributed by atoms with Gasteiger partial charge in [0.15, 0.2) is 0 Å². The van der Waals surface area contributed by atoms with E-state index in [1.54, 1.807) is 49.7 Å². The molecule has 3 heteroatoms. The minimum Gasteiger partial charge on any atom is -1.00 e. The number of hydrogen-bond acceptors (Lipinski definition) is 0. The van der Waals surface area contributed by atoms with Crippen molar-refractivity contribution in [1.29, 1.82) is 0 Å². The molecule has 0 aromatic heterocycles. The number of rotatable bonds is 4. The maximum absolute atomic E-state index is 3.65. The van der Waals surface area contributed by atoms with Crippen molar-refractivity contribution in [2.24, 2.45) is 23.2 Å². The van der Waals surface area contributed by atoms with Crippen molar-refractivity contribution in [3.63, 3.8) is 0 Å². The van der Waals surface area contributed by atoms with Crippen LogP contribution in [0.15, 0.2) is 91.0 Å². The second-order valence-electron chi connectivity index (χ2n) is 25.1. The van der Waals surface area contributed by atoms with Gasteiger partial charge in [-0.1, -0.05) is 78.5 Å². The topological polar surface area (TPSA) is 0 Å². The summed E-state index contributed by atoms with van der Waals surface area (Å²) in [7, 11) is 0. The first-order valence-electron chi connectivity index (χ1n) is 25.1. The summed E-state index contributed by atoms with van der Waals surface area (Å²) in [5.41, 5.74) is 25.8. The van der Waals surface area contributed by atoms with E-state index in [-0.39, 0.29) is 46.5 Å². The van der Waals surface area contributed by atoms with E-state index in [0.717, 1.165) is 24.2 Å². The number of benzene rings is 4. The van der Waals surface area contributed by atoms with Crippen LogP contribution in [-0.2, 0) is 58.7 Å². The summed E-state index contributed by atoms with van der Waals surface area (Å²) in [6.07, 6.45) is 17.9. The van der Waals surface area contributed by atoms with Crippen LogP contribution in [0.4, 0.5) is 0 Å². The van der Waals surface area contributed by atoms with Gasteiger partial charge in [0.25, 0.3) is 0 Å². The number of halogens is 2. The average Bonchev–Trinajstić information content (AvgIpc) is 3.88. The Balaban J connectivity index is 0.000000149. The van der Waals surface area contributed by atoms with E-state index in [4.69, 9.17) is 0 Å². The Bertz CT molecular complexity index is 2550. The van der Waals surface area contributed by atoms with Crippen LogP contribution < -0.4 is 24.8 Å². The molecule has 0 heterocycles. The van der Waals surface area contributed by atoms with Crippen LogP contribution in [0, 0.1) is 43.1 Å². The molecule has 4 bridgehead atoms. The number of allylic oxidation sites excluding steroid dienone is 4. The molecule has 7 aliphatic carbocycles. The standard InChI is InChI=1S/C25H25.C21H26.C18H25.2ClH.Zr/c1-14-12-24(3,4)22-8-16-7-17-9-23-19(15(2)13-25(23,5)6)11-21(17)20(16)10-18(14)22;1-20(2,3)18-11-7-16(8-12-18)15-17-9-13-19(14-10-17)21(4,5)6;1-12-3-13(2)17(4-12)11-18-8-14-5-15(9-18)7-16(6-14)10-18;;;/h8-12H,7H2,1-6H3;7-14H,1-6H3;3-4,14-16H,5-11H2,1-2H3;2*1H;/q-1;;-1;;;+2/p-2. The van der Waals surface area contributed by atoms with E-state index in [1.807, 2.05) is 0 Å². The van der Waals surface area contributed by atoms with Gasteiger partial charge in [0, 0.05) is 5.41 Å². The fourth-order valence-corrected chi connectivity index (χ4v) is 14.5.